The summed E-state index contributed by atoms with van der Waals surface area (Å²) in [6.45, 7) is 16.8. The van der Waals surface area contributed by atoms with Crippen LogP contribution in [-0.2, 0) is 41.6 Å². The summed E-state index contributed by atoms with van der Waals surface area (Å²) < 4.78 is 44.6. The van der Waals surface area contributed by atoms with Gasteiger partial charge in [-0.15, -0.1) is 0 Å². The Morgan fingerprint density at radius 3 is 1.47 bits per heavy atom. The summed E-state index contributed by atoms with van der Waals surface area (Å²) in [5.74, 6) is -0.177. The molecule has 14 nitrogen and oxygen atoms in total. The minimum Gasteiger partial charge on any atom is -0.356 e. The molecule has 2 unspecified atom stereocenters. The molecule has 3 amide bonds. The number of carbonyl (C=O) groups is 3. The quantitative estimate of drug-likeness (QED) is 0.0380. The second kappa shape index (κ2) is 28.1. The largest absolute Gasteiger partial charge is 0.472 e. The number of rotatable bonds is 32. The molecule has 0 saturated heterocycles. The van der Waals surface area contributed by atoms with Crippen molar-refractivity contribution in [2.75, 3.05) is 46.0 Å². The molecule has 0 bridgehead atoms. The van der Waals surface area contributed by atoms with Crippen molar-refractivity contribution in [1.82, 2.24) is 15.5 Å². The third-order valence-corrected chi connectivity index (χ3v) is 10.3. The van der Waals surface area contributed by atoms with E-state index in [0.717, 1.165) is 57.8 Å². The Hall–Kier alpha value is -1.37. The van der Waals surface area contributed by atoms with Gasteiger partial charge in [0.2, 0.25) is 17.7 Å². The third kappa shape index (κ3) is 34.8. The van der Waals surface area contributed by atoms with E-state index in [4.69, 9.17) is 18.1 Å². The van der Waals surface area contributed by atoms with Crippen molar-refractivity contribution in [2.24, 2.45) is 10.8 Å². The van der Waals surface area contributed by atoms with Crippen LogP contribution in [0, 0.1) is 10.8 Å². The van der Waals surface area contributed by atoms with Gasteiger partial charge in [-0.05, 0) is 76.0 Å². The van der Waals surface area contributed by atoms with Crippen LogP contribution in [0.15, 0.2) is 0 Å². The average Bonchev–Trinajstić information content (AvgIpc) is 3.01. The predicted octanol–water partition coefficient (Wildman–Crippen LogP) is 8.06. The van der Waals surface area contributed by atoms with Crippen LogP contribution in [0.4, 0.5) is 0 Å². The van der Waals surface area contributed by atoms with E-state index in [9.17, 15) is 33.3 Å². The summed E-state index contributed by atoms with van der Waals surface area (Å²) >= 11 is 0. The molecule has 0 fully saturated rings. The zero-order valence-corrected chi connectivity index (χ0v) is 36.0. The van der Waals surface area contributed by atoms with Crippen molar-refractivity contribution in [1.29, 1.82) is 0 Å². The topological polar surface area (TPSA) is 190 Å². The molecule has 0 aromatic carbocycles. The van der Waals surface area contributed by atoms with Gasteiger partial charge < -0.3 is 25.3 Å². The van der Waals surface area contributed by atoms with E-state index in [2.05, 4.69) is 52.2 Å². The summed E-state index contributed by atoms with van der Waals surface area (Å²) in [5, 5.41) is 5.87. The van der Waals surface area contributed by atoms with Crippen molar-refractivity contribution < 1.29 is 51.4 Å². The molecule has 314 valence electrons. The number of unbranched alkanes of at least 4 members (excludes halogenated alkanes) is 7. The van der Waals surface area contributed by atoms with Crippen LogP contribution in [0.5, 0.6) is 0 Å². The molecular weight excluding hydrogens is 724 g/mol. The molecule has 0 aliphatic carbocycles. The Balaban J connectivity index is 4.49. The summed E-state index contributed by atoms with van der Waals surface area (Å²) in [7, 11) is -8.68. The molecule has 16 heteroatoms. The number of nitrogens with one attached hydrogen (secondary N) is 2. The first-order chi connectivity index (χ1) is 24.6. The lowest BCUT2D eigenvalue weighted by Crippen LogP contribution is -2.36. The lowest BCUT2D eigenvalue weighted by Gasteiger charge is -2.24. The van der Waals surface area contributed by atoms with Gasteiger partial charge in [-0.1, -0.05) is 73.6 Å². The fourth-order valence-electron chi connectivity index (χ4n) is 5.24. The molecule has 2 atom stereocenters. The van der Waals surface area contributed by atoms with E-state index in [-0.39, 0.29) is 67.9 Å². The summed E-state index contributed by atoms with van der Waals surface area (Å²) in [4.78, 5) is 58.5. The smallest absolute Gasteiger partial charge is 0.356 e. The Morgan fingerprint density at radius 1 is 0.585 bits per heavy atom. The van der Waals surface area contributed by atoms with Crippen LogP contribution < -0.4 is 10.6 Å². The van der Waals surface area contributed by atoms with E-state index in [1.165, 1.54) is 4.90 Å². The average molecular weight is 800 g/mol. The molecule has 4 N–H and O–H groups in total. The molecule has 0 spiro atoms. The van der Waals surface area contributed by atoms with E-state index < -0.39 is 21.7 Å². The van der Waals surface area contributed by atoms with Crippen molar-refractivity contribution in [3.8, 4) is 0 Å². The molecule has 0 aliphatic heterocycles. The van der Waals surface area contributed by atoms with Crippen molar-refractivity contribution in [3.63, 3.8) is 0 Å². The van der Waals surface area contributed by atoms with Gasteiger partial charge in [0.1, 0.15) is 0 Å². The van der Waals surface area contributed by atoms with Crippen LogP contribution in [0.3, 0.4) is 0 Å². The maximum absolute atomic E-state index is 13.0. The predicted molar refractivity (Wildman–Crippen MR) is 209 cm³/mol. The van der Waals surface area contributed by atoms with Gasteiger partial charge in [0.25, 0.3) is 0 Å². The second-order valence-corrected chi connectivity index (χ2v) is 19.3. The summed E-state index contributed by atoms with van der Waals surface area (Å²) in [6.07, 6.45) is 11.5. The molecule has 0 radical (unpaired) electrons. The van der Waals surface area contributed by atoms with Gasteiger partial charge in [-0.2, -0.15) is 0 Å². The van der Waals surface area contributed by atoms with E-state index in [1.807, 2.05) is 0 Å². The van der Waals surface area contributed by atoms with Gasteiger partial charge in [0.15, 0.2) is 0 Å². The number of amides is 3. The highest BCUT2D eigenvalue weighted by Crippen LogP contribution is 2.44. The van der Waals surface area contributed by atoms with Gasteiger partial charge in [-0.25, -0.2) is 9.13 Å². The van der Waals surface area contributed by atoms with Crippen molar-refractivity contribution in [2.45, 2.75) is 164 Å². The van der Waals surface area contributed by atoms with Crippen LogP contribution in [0.25, 0.3) is 0 Å². The van der Waals surface area contributed by atoms with E-state index >= 15 is 0 Å². The Kier molecular flexibility index (Phi) is 27.4. The highest BCUT2D eigenvalue weighted by atomic mass is 31.2. The number of hydrogen-bond acceptors (Lipinski definition) is 9. The highest BCUT2D eigenvalue weighted by molar-refractivity contribution is 7.47. The molecule has 0 aromatic rings. The van der Waals surface area contributed by atoms with Crippen LogP contribution in [0.1, 0.15) is 158 Å². The first kappa shape index (κ1) is 51.6. The summed E-state index contributed by atoms with van der Waals surface area (Å²) in [6, 6.07) is 0. The minimum atomic E-state index is -4.37. The highest BCUT2D eigenvalue weighted by Gasteiger charge is 2.25. The van der Waals surface area contributed by atoms with Crippen LogP contribution >= 0.6 is 15.6 Å². The van der Waals surface area contributed by atoms with Crippen molar-refractivity contribution in [3.05, 3.63) is 0 Å². The standard InChI is InChI=1S/C37H75N3O11P2/c1-32(2)51-53(46,47)50-31-28-40(35(43)22-12-11-18-26-39-34(42)21-14-16-24-37(6,7)8)27-30-49-52(44,45)48-29-19-10-9-17-25-38-33(41)20-13-15-23-36(3,4)5/h32H,9-31H2,1-8H3,(H,38,41)(H,39,42)(H,44,45)(H,46,47). The monoisotopic (exact) mass is 799 g/mol. The van der Waals surface area contributed by atoms with Crippen LogP contribution in [-0.4, -0.2) is 84.5 Å². The van der Waals surface area contributed by atoms with Crippen LogP contribution in [0.2, 0.25) is 0 Å². The number of carbonyl (C=O) groups excluding carboxylic acids is 3. The molecule has 0 aromatic heterocycles. The van der Waals surface area contributed by atoms with Gasteiger partial charge in [0, 0.05) is 45.4 Å². The molecular formula is C37H75N3O11P2. The zero-order chi connectivity index (χ0) is 40.4. The number of phosphoric ester groups is 2. The molecule has 0 saturated carbocycles. The Morgan fingerprint density at radius 2 is 1.00 bits per heavy atom. The number of nitrogens with zero attached hydrogens (tertiary/aromatic N) is 1. The van der Waals surface area contributed by atoms with Gasteiger partial charge in [-0.3, -0.25) is 32.5 Å². The van der Waals surface area contributed by atoms with E-state index in [0.29, 0.717) is 51.6 Å². The molecule has 0 aliphatic rings. The van der Waals surface area contributed by atoms with Crippen molar-refractivity contribution >= 4 is 33.4 Å². The van der Waals surface area contributed by atoms with Gasteiger partial charge in [0.05, 0.1) is 25.9 Å². The zero-order valence-electron chi connectivity index (χ0n) is 34.3. The maximum Gasteiger partial charge on any atom is 0.472 e. The molecule has 0 heterocycles. The second-order valence-electron chi connectivity index (χ2n) is 16.4. The minimum absolute atomic E-state index is 0.0176. The number of phosphoric acid groups is 2. The molecule has 0 rings (SSSR count). The lowest BCUT2D eigenvalue weighted by molar-refractivity contribution is -0.132. The Labute approximate surface area is 320 Å². The third-order valence-electron chi connectivity index (χ3n) is 8.13. The lowest BCUT2D eigenvalue weighted by atomic mass is 9.89. The SMILES string of the molecule is CC(C)OP(=O)(O)OCCN(CCOP(=O)(O)OCCCCCCNC(=O)CCCCC(C)(C)C)C(=O)CCCCCNC(=O)CCCCC(C)(C)C. The Bertz CT molecular complexity index is 1110. The summed E-state index contributed by atoms with van der Waals surface area (Å²) in [5.41, 5.74) is 0.541. The first-order valence-electron chi connectivity index (χ1n) is 19.7. The maximum atomic E-state index is 13.0. The van der Waals surface area contributed by atoms with Gasteiger partial charge >= 0.3 is 15.6 Å². The van der Waals surface area contributed by atoms with E-state index in [1.54, 1.807) is 13.8 Å². The molecule has 53 heavy (non-hydrogen) atoms. The fraction of sp³-hybridized carbons (Fsp3) is 0.919. The number of hydrogen-bond donors (Lipinski definition) is 4. The normalized spacial score (nSPS) is 14.5. The first-order valence-corrected chi connectivity index (χ1v) is 22.7. The fourth-order valence-corrected chi connectivity index (χ4v) is 6.89.